The number of hydrogen-bond acceptors (Lipinski definition) is 3. The first kappa shape index (κ1) is 11.9. The molecular weight excluding hydrogens is 240 g/mol. The predicted molar refractivity (Wildman–Crippen MR) is 70.4 cm³/mol. The van der Waals surface area contributed by atoms with Crippen LogP contribution in [-0.2, 0) is 16.8 Å². The quantitative estimate of drug-likeness (QED) is 0.872. The van der Waals surface area contributed by atoms with E-state index < -0.39 is 0 Å². The summed E-state index contributed by atoms with van der Waals surface area (Å²) in [6.07, 6.45) is 5.25. The number of rotatable bonds is 5. The summed E-state index contributed by atoms with van der Waals surface area (Å²) in [6.45, 7) is 0.926. The van der Waals surface area contributed by atoms with E-state index in [4.69, 9.17) is 0 Å². The normalized spacial score (nSPS) is 16.0. The molecule has 0 saturated heterocycles. The Kier molecular flexibility index (Phi) is 3.03. The van der Waals surface area contributed by atoms with Crippen molar-refractivity contribution in [3.8, 4) is 0 Å². The van der Waals surface area contributed by atoms with Gasteiger partial charge in [0.2, 0.25) is 5.91 Å². The molecule has 5 heteroatoms. The van der Waals surface area contributed by atoms with E-state index in [2.05, 4.69) is 27.5 Å². The van der Waals surface area contributed by atoms with Gasteiger partial charge in [0.15, 0.2) is 0 Å². The topological polar surface area (TPSA) is 59.8 Å². The van der Waals surface area contributed by atoms with Crippen molar-refractivity contribution in [3.05, 3.63) is 48.5 Å². The maximum Gasteiger partial charge on any atom is 0.241 e. The van der Waals surface area contributed by atoms with Gasteiger partial charge in [0.25, 0.3) is 0 Å². The SMILES string of the molecule is O=C(Cn1cncn1)NCC1(c2ccccc2)CC1. The minimum Gasteiger partial charge on any atom is -0.354 e. The van der Waals surface area contributed by atoms with Crippen LogP contribution in [-0.4, -0.2) is 27.2 Å². The lowest BCUT2D eigenvalue weighted by atomic mass is 9.96. The largest absolute Gasteiger partial charge is 0.354 e. The molecule has 0 bridgehead atoms. The minimum atomic E-state index is -0.0206. The van der Waals surface area contributed by atoms with Crippen LogP contribution in [0.25, 0.3) is 0 Å². The van der Waals surface area contributed by atoms with Crippen LogP contribution in [0, 0.1) is 0 Å². The van der Waals surface area contributed by atoms with Crippen LogP contribution in [0.3, 0.4) is 0 Å². The van der Waals surface area contributed by atoms with Crippen LogP contribution in [0.4, 0.5) is 0 Å². The Balaban J connectivity index is 1.56. The lowest BCUT2D eigenvalue weighted by molar-refractivity contribution is -0.121. The molecule has 0 spiro atoms. The van der Waals surface area contributed by atoms with E-state index in [1.165, 1.54) is 16.6 Å². The second-order valence-corrected chi connectivity index (χ2v) is 5.02. The molecule has 0 radical (unpaired) electrons. The maximum absolute atomic E-state index is 11.8. The first-order valence-electron chi connectivity index (χ1n) is 6.43. The van der Waals surface area contributed by atoms with E-state index in [0.29, 0.717) is 6.54 Å². The monoisotopic (exact) mass is 256 g/mol. The van der Waals surface area contributed by atoms with Gasteiger partial charge in [-0.3, -0.25) is 4.79 Å². The Morgan fingerprint density at radius 1 is 1.32 bits per heavy atom. The number of hydrogen-bond donors (Lipinski definition) is 1. The fourth-order valence-electron chi connectivity index (χ4n) is 2.30. The summed E-state index contributed by atoms with van der Waals surface area (Å²) in [5.41, 5.74) is 1.47. The highest BCUT2D eigenvalue weighted by molar-refractivity contribution is 5.75. The summed E-state index contributed by atoms with van der Waals surface area (Å²) in [7, 11) is 0. The molecule has 0 atom stereocenters. The Morgan fingerprint density at radius 3 is 2.74 bits per heavy atom. The summed E-state index contributed by atoms with van der Waals surface area (Å²) in [5, 5.41) is 6.91. The summed E-state index contributed by atoms with van der Waals surface area (Å²) in [4.78, 5) is 15.6. The molecule has 1 aromatic carbocycles. The van der Waals surface area contributed by atoms with E-state index in [1.807, 2.05) is 18.2 Å². The van der Waals surface area contributed by atoms with Gasteiger partial charge in [-0.1, -0.05) is 30.3 Å². The van der Waals surface area contributed by atoms with Crippen molar-refractivity contribution in [3.63, 3.8) is 0 Å². The highest BCUT2D eigenvalue weighted by Crippen LogP contribution is 2.47. The fraction of sp³-hybridized carbons (Fsp3) is 0.357. The van der Waals surface area contributed by atoms with E-state index in [1.54, 1.807) is 6.33 Å². The molecule has 1 aromatic heterocycles. The smallest absolute Gasteiger partial charge is 0.241 e. The third-order valence-corrected chi connectivity index (χ3v) is 3.64. The van der Waals surface area contributed by atoms with Crippen molar-refractivity contribution in [2.75, 3.05) is 6.54 Å². The molecular formula is C14H16N4O. The molecule has 0 unspecified atom stereocenters. The van der Waals surface area contributed by atoms with E-state index in [9.17, 15) is 4.79 Å². The zero-order valence-electron chi connectivity index (χ0n) is 10.6. The van der Waals surface area contributed by atoms with Crippen molar-refractivity contribution in [2.45, 2.75) is 24.8 Å². The zero-order chi connectivity index (χ0) is 13.1. The highest BCUT2D eigenvalue weighted by Gasteiger charge is 2.44. The first-order chi connectivity index (χ1) is 9.28. The molecule has 0 aliphatic heterocycles. The van der Waals surface area contributed by atoms with E-state index in [-0.39, 0.29) is 17.9 Å². The molecule has 1 heterocycles. The third kappa shape index (κ3) is 2.65. The predicted octanol–water partition coefficient (Wildman–Crippen LogP) is 1.13. The average Bonchev–Trinajstić information content (AvgIpc) is 3.08. The number of amides is 1. The van der Waals surface area contributed by atoms with E-state index in [0.717, 1.165) is 12.8 Å². The molecule has 98 valence electrons. The van der Waals surface area contributed by atoms with E-state index >= 15 is 0 Å². The van der Waals surface area contributed by atoms with Gasteiger partial charge in [-0.2, -0.15) is 5.10 Å². The average molecular weight is 256 g/mol. The van der Waals surface area contributed by atoms with Crippen molar-refractivity contribution in [1.82, 2.24) is 20.1 Å². The summed E-state index contributed by atoms with van der Waals surface area (Å²) >= 11 is 0. The Labute approximate surface area is 111 Å². The van der Waals surface area contributed by atoms with Crippen molar-refractivity contribution in [2.24, 2.45) is 0 Å². The van der Waals surface area contributed by atoms with Crippen LogP contribution in [0.1, 0.15) is 18.4 Å². The molecule has 1 saturated carbocycles. The molecule has 1 fully saturated rings. The second kappa shape index (κ2) is 4.84. The molecule has 1 amide bonds. The number of carbonyl (C=O) groups is 1. The van der Waals surface area contributed by atoms with Gasteiger partial charge < -0.3 is 5.32 Å². The zero-order valence-corrected chi connectivity index (χ0v) is 10.6. The number of benzene rings is 1. The summed E-state index contributed by atoms with van der Waals surface area (Å²) in [6, 6.07) is 10.4. The molecule has 1 aliphatic carbocycles. The van der Waals surface area contributed by atoms with Gasteiger partial charge in [0.05, 0.1) is 0 Å². The van der Waals surface area contributed by atoms with Crippen LogP contribution < -0.4 is 5.32 Å². The van der Waals surface area contributed by atoms with Crippen LogP contribution in [0.2, 0.25) is 0 Å². The Hall–Kier alpha value is -2.17. The molecule has 3 rings (SSSR count). The molecule has 1 N–H and O–H groups in total. The van der Waals surface area contributed by atoms with Crippen LogP contribution >= 0.6 is 0 Å². The van der Waals surface area contributed by atoms with Gasteiger partial charge in [0.1, 0.15) is 19.2 Å². The van der Waals surface area contributed by atoms with Gasteiger partial charge in [-0.15, -0.1) is 0 Å². The maximum atomic E-state index is 11.8. The second-order valence-electron chi connectivity index (χ2n) is 5.02. The summed E-state index contributed by atoms with van der Waals surface area (Å²) < 4.78 is 1.53. The Morgan fingerprint density at radius 2 is 2.11 bits per heavy atom. The third-order valence-electron chi connectivity index (χ3n) is 3.64. The van der Waals surface area contributed by atoms with Gasteiger partial charge in [0, 0.05) is 12.0 Å². The van der Waals surface area contributed by atoms with Crippen molar-refractivity contribution in [1.29, 1.82) is 0 Å². The number of nitrogens with one attached hydrogen (secondary N) is 1. The lowest BCUT2D eigenvalue weighted by Gasteiger charge is -2.16. The first-order valence-corrected chi connectivity index (χ1v) is 6.43. The number of aromatic nitrogens is 3. The Bertz CT molecular complexity index is 546. The lowest BCUT2D eigenvalue weighted by Crippen LogP contribution is -2.34. The standard InChI is InChI=1S/C14H16N4O/c19-13(8-18-11-15-10-17-18)16-9-14(6-7-14)12-4-2-1-3-5-12/h1-5,10-11H,6-9H2,(H,16,19). The molecule has 19 heavy (non-hydrogen) atoms. The molecule has 1 aliphatic rings. The molecule has 2 aromatic rings. The summed E-state index contributed by atoms with van der Waals surface area (Å²) in [5.74, 6) is -0.0206. The fourth-order valence-corrected chi connectivity index (χ4v) is 2.30. The van der Waals surface area contributed by atoms with Crippen LogP contribution in [0.5, 0.6) is 0 Å². The molecule has 5 nitrogen and oxygen atoms in total. The minimum absolute atomic E-state index is 0.0206. The number of carbonyl (C=O) groups excluding carboxylic acids is 1. The van der Waals surface area contributed by atoms with Crippen LogP contribution in [0.15, 0.2) is 43.0 Å². The number of nitrogens with zero attached hydrogens (tertiary/aromatic N) is 3. The van der Waals surface area contributed by atoms with Gasteiger partial charge in [-0.05, 0) is 18.4 Å². The van der Waals surface area contributed by atoms with Crippen molar-refractivity contribution >= 4 is 5.91 Å². The highest BCUT2D eigenvalue weighted by atomic mass is 16.2. The van der Waals surface area contributed by atoms with Gasteiger partial charge >= 0.3 is 0 Å². The van der Waals surface area contributed by atoms with Gasteiger partial charge in [-0.25, -0.2) is 9.67 Å². The van der Waals surface area contributed by atoms with Crippen molar-refractivity contribution < 1.29 is 4.79 Å².